The summed E-state index contributed by atoms with van der Waals surface area (Å²) in [5.74, 6) is -0.486. The number of H-pyrrole nitrogens is 1. The summed E-state index contributed by atoms with van der Waals surface area (Å²) >= 11 is 0. The molecule has 0 aliphatic heterocycles. The third-order valence-electron chi connectivity index (χ3n) is 5.35. The van der Waals surface area contributed by atoms with Gasteiger partial charge in [-0.2, -0.15) is 5.10 Å². The molecule has 0 unspecified atom stereocenters. The maximum atomic E-state index is 11.7. The topological polar surface area (TPSA) is 82.9 Å². The highest BCUT2D eigenvalue weighted by Gasteiger charge is 2.29. The van der Waals surface area contributed by atoms with Gasteiger partial charge in [0.25, 0.3) is 0 Å². The Bertz CT molecular complexity index is 970. The van der Waals surface area contributed by atoms with E-state index in [2.05, 4.69) is 53.5 Å². The molecule has 1 atom stereocenters. The van der Waals surface area contributed by atoms with Crippen molar-refractivity contribution in [3.8, 4) is 0 Å². The van der Waals surface area contributed by atoms with Crippen LogP contribution in [0, 0.1) is 5.92 Å². The normalized spacial score (nSPS) is 16.8. The molecule has 6 nitrogen and oxygen atoms in total. The SMILES string of the molecule is CC(C)Cn1nc(C(=O)O)c2c1CC[C@@H](NCc1cccc3[nH]ccc13)C2. The van der Waals surface area contributed by atoms with Crippen LogP contribution in [0.15, 0.2) is 30.5 Å². The van der Waals surface area contributed by atoms with Crippen molar-refractivity contribution in [2.45, 2.75) is 52.2 Å². The molecule has 3 N–H and O–H groups in total. The summed E-state index contributed by atoms with van der Waals surface area (Å²) < 4.78 is 1.92. The molecule has 3 aromatic rings. The molecule has 4 rings (SSSR count). The second kappa shape index (κ2) is 7.19. The van der Waals surface area contributed by atoms with E-state index >= 15 is 0 Å². The number of carboxylic acids is 1. The Labute approximate surface area is 158 Å². The number of carbonyl (C=O) groups is 1. The van der Waals surface area contributed by atoms with Crippen molar-refractivity contribution in [3.05, 3.63) is 53.0 Å². The molecule has 1 aliphatic rings. The molecule has 0 bridgehead atoms. The quantitative estimate of drug-likeness (QED) is 0.625. The standard InChI is InChI=1S/C21H26N4O2/c1-13(2)12-25-19-7-6-15(10-17(19)20(24-25)21(26)27)23-11-14-4-3-5-18-16(14)8-9-22-18/h3-5,8-9,13,15,22-23H,6-7,10-12H2,1-2H3,(H,26,27)/t15-/m1/s1. The van der Waals surface area contributed by atoms with E-state index in [1.165, 1.54) is 10.9 Å². The number of aromatic carboxylic acids is 1. The van der Waals surface area contributed by atoms with Gasteiger partial charge in [-0.3, -0.25) is 4.68 Å². The number of nitrogens with one attached hydrogen (secondary N) is 2. The van der Waals surface area contributed by atoms with E-state index < -0.39 is 5.97 Å². The first kappa shape index (κ1) is 17.8. The molecule has 6 heteroatoms. The molecule has 0 saturated heterocycles. The predicted molar refractivity (Wildman–Crippen MR) is 105 cm³/mol. The minimum absolute atomic E-state index is 0.227. The third-order valence-corrected chi connectivity index (χ3v) is 5.35. The van der Waals surface area contributed by atoms with E-state index in [0.29, 0.717) is 5.92 Å². The van der Waals surface area contributed by atoms with Crippen LogP contribution in [0.2, 0.25) is 0 Å². The number of rotatable bonds is 6. The van der Waals surface area contributed by atoms with E-state index in [0.717, 1.165) is 49.1 Å². The Balaban J connectivity index is 1.52. The summed E-state index contributed by atoms with van der Waals surface area (Å²) in [6.45, 7) is 5.80. The fraction of sp³-hybridized carbons (Fsp3) is 0.429. The van der Waals surface area contributed by atoms with Gasteiger partial charge in [-0.1, -0.05) is 26.0 Å². The van der Waals surface area contributed by atoms with E-state index in [1.807, 2.05) is 10.9 Å². The lowest BCUT2D eigenvalue weighted by atomic mass is 9.91. The van der Waals surface area contributed by atoms with Gasteiger partial charge in [-0.25, -0.2) is 4.79 Å². The van der Waals surface area contributed by atoms with Gasteiger partial charge in [0.15, 0.2) is 5.69 Å². The van der Waals surface area contributed by atoms with Crippen LogP contribution >= 0.6 is 0 Å². The van der Waals surface area contributed by atoms with Crippen LogP contribution in [-0.2, 0) is 25.9 Å². The van der Waals surface area contributed by atoms with Crippen molar-refractivity contribution >= 4 is 16.9 Å². The number of fused-ring (bicyclic) bond motifs is 2. The smallest absolute Gasteiger partial charge is 0.356 e. The predicted octanol–water partition coefficient (Wildman–Crippen LogP) is 3.37. The second-order valence-corrected chi connectivity index (χ2v) is 7.83. The number of nitrogens with zero attached hydrogens (tertiary/aromatic N) is 2. The number of aromatic nitrogens is 3. The highest BCUT2D eigenvalue weighted by Crippen LogP contribution is 2.26. The average Bonchev–Trinajstić information content (AvgIpc) is 3.24. The Kier molecular flexibility index (Phi) is 4.74. The van der Waals surface area contributed by atoms with Crippen LogP contribution in [0.1, 0.15) is 47.6 Å². The lowest BCUT2D eigenvalue weighted by molar-refractivity contribution is 0.0688. The van der Waals surface area contributed by atoms with Crippen molar-refractivity contribution in [1.29, 1.82) is 0 Å². The second-order valence-electron chi connectivity index (χ2n) is 7.83. The van der Waals surface area contributed by atoms with Crippen LogP contribution in [0.4, 0.5) is 0 Å². The Morgan fingerprint density at radius 1 is 1.41 bits per heavy atom. The Hall–Kier alpha value is -2.60. The van der Waals surface area contributed by atoms with Gasteiger partial charge in [0.1, 0.15) is 0 Å². The number of aromatic amines is 1. The summed E-state index contributed by atoms with van der Waals surface area (Å²) in [5, 5.41) is 18.8. The fourth-order valence-corrected chi connectivity index (χ4v) is 4.09. The van der Waals surface area contributed by atoms with Gasteiger partial charge >= 0.3 is 5.97 Å². The maximum absolute atomic E-state index is 11.7. The van der Waals surface area contributed by atoms with Crippen molar-refractivity contribution in [1.82, 2.24) is 20.1 Å². The minimum Gasteiger partial charge on any atom is -0.476 e. The highest BCUT2D eigenvalue weighted by molar-refractivity contribution is 5.87. The summed E-state index contributed by atoms with van der Waals surface area (Å²) in [5.41, 5.74) is 4.64. The third kappa shape index (κ3) is 3.49. The molecule has 2 heterocycles. The van der Waals surface area contributed by atoms with Crippen molar-refractivity contribution < 1.29 is 9.90 Å². The van der Waals surface area contributed by atoms with Crippen LogP contribution in [0.5, 0.6) is 0 Å². The summed E-state index contributed by atoms with van der Waals surface area (Å²) in [7, 11) is 0. The number of hydrogen-bond acceptors (Lipinski definition) is 3. The van der Waals surface area contributed by atoms with Crippen LogP contribution in [0.3, 0.4) is 0 Å². The molecule has 0 fully saturated rings. The first-order valence-electron chi connectivity index (χ1n) is 9.63. The summed E-state index contributed by atoms with van der Waals surface area (Å²) in [6.07, 6.45) is 4.55. The number of carboxylic acid groups (broad SMARTS) is 1. The first-order valence-corrected chi connectivity index (χ1v) is 9.63. The number of hydrogen-bond donors (Lipinski definition) is 3. The molecule has 0 radical (unpaired) electrons. The van der Waals surface area contributed by atoms with Crippen LogP contribution in [-0.4, -0.2) is 31.9 Å². The molecule has 1 aliphatic carbocycles. The molecule has 2 aromatic heterocycles. The van der Waals surface area contributed by atoms with Gasteiger partial charge in [0.2, 0.25) is 0 Å². The zero-order valence-electron chi connectivity index (χ0n) is 15.8. The molecular formula is C21H26N4O2. The molecule has 0 amide bonds. The van der Waals surface area contributed by atoms with Crippen molar-refractivity contribution in [3.63, 3.8) is 0 Å². The molecule has 1 aromatic carbocycles. The van der Waals surface area contributed by atoms with Gasteiger partial charge in [-0.05, 0) is 42.9 Å². The fourth-order valence-electron chi connectivity index (χ4n) is 4.09. The molecule has 0 saturated carbocycles. The van der Waals surface area contributed by atoms with E-state index in [9.17, 15) is 9.90 Å². The summed E-state index contributed by atoms with van der Waals surface area (Å²) in [4.78, 5) is 14.9. The number of benzene rings is 1. The first-order chi connectivity index (χ1) is 13.0. The van der Waals surface area contributed by atoms with E-state index in [4.69, 9.17) is 0 Å². The monoisotopic (exact) mass is 366 g/mol. The molecule has 27 heavy (non-hydrogen) atoms. The summed E-state index contributed by atoms with van der Waals surface area (Å²) in [6, 6.07) is 8.65. The lowest BCUT2D eigenvalue weighted by Crippen LogP contribution is -2.35. The minimum atomic E-state index is -0.925. The zero-order valence-corrected chi connectivity index (χ0v) is 15.8. The van der Waals surface area contributed by atoms with Crippen molar-refractivity contribution in [2.24, 2.45) is 5.92 Å². The van der Waals surface area contributed by atoms with Crippen LogP contribution in [0.25, 0.3) is 10.9 Å². The molecule has 0 spiro atoms. The molecule has 142 valence electrons. The maximum Gasteiger partial charge on any atom is 0.356 e. The van der Waals surface area contributed by atoms with Gasteiger partial charge in [-0.15, -0.1) is 0 Å². The van der Waals surface area contributed by atoms with E-state index in [1.54, 1.807) is 0 Å². The Morgan fingerprint density at radius 2 is 2.26 bits per heavy atom. The van der Waals surface area contributed by atoms with Crippen molar-refractivity contribution in [2.75, 3.05) is 0 Å². The molecular weight excluding hydrogens is 340 g/mol. The van der Waals surface area contributed by atoms with Gasteiger partial charge in [0, 0.05) is 47.5 Å². The Morgan fingerprint density at radius 3 is 3.04 bits per heavy atom. The lowest BCUT2D eigenvalue weighted by Gasteiger charge is -2.25. The largest absolute Gasteiger partial charge is 0.476 e. The van der Waals surface area contributed by atoms with E-state index in [-0.39, 0.29) is 11.7 Å². The average molecular weight is 366 g/mol. The van der Waals surface area contributed by atoms with Gasteiger partial charge in [0.05, 0.1) is 0 Å². The van der Waals surface area contributed by atoms with Gasteiger partial charge < -0.3 is 15.4 Å². The van der Waals surface area contributed by atoms with Crippen LogP contribution < -0.4 is 5.32 Å². The highest BCUT2D eigenvalue weighted by atomic mass is 16.4. The zero-order chi connectivity index (χ0) is 19.0.